The zero-order chi connectivity index (χ0) is 19.6. The Morgan fingerprint density at radius 1 is 1.29 bits per heavy atom. The lowest BCUT2D eigenvalue weighted by Crippen LogP contribution is -2.46. The highest BCUT2D eigenvalue weighted by Gasteiger charge is 2.21. The minimum atomic E-state index is 0.336. The SMILES string of the molecule is CN=C(NCc1ccnc(-n2cccn2)c1)N1CCC(OCCCOC)CC1. The summed E-state index contributed by atoms with van der Waals surface area (Å²) >= 11 is 0. The third-order valence-corrected chi connectivity index (χ3v) is 4.80. The van der Waals surface area contributed by atoms with Crippen LogP contribution in [0.15, 0.2) is 41.8 Å². The Kier molecular flexibility index (Phi) is 7.81. The van der Waals surface area contributed by atoms with Crippen molar-refractivity contribution in [1.82, 2.24) is 25.0 Å². The molecule has 2 aromatic heterocycles. The summed E-state index contributed by atoms with van der Waals surface area (Å²) in [5.74, 6) is 1.74. The first-order chi connectivity index (χ1) is 13.8. The smallest absolute Gasteiger partial charge is 0.193 e. The highest BCUT2D eigenvalue weighted by atomic mass is 16.5. The van der Waals surface area contributed by atoms with Gasteiger partial charge in [0.15, 0.2) is 11.8 Å². The van der Waals surface area contributed by atoms with Crippen molar-refractivity contribution in [2.24, 2.45) is 4.99 Å². The number of hydrogen-bond acceptors (Lipinski definition) is 5. The van der Waals surface area contributed by atoms with Gasteiger partial charge in [0.2, 0.25) is 0 Å². The van der Waals surface area contributed by atoms with Crippen molar-refractivity contribution in [3.8, 4) is 5.82 Å². The van der Waals surface area contributed by atoms with E-state index in [4.69, 9.17) is 9.47 Å². The van der Waals surface area contributed by atoms with Crippen molar-refractivity contribution >= 4 is 5.96 Å². The molecule has 8 nitrogen and oxygen atoms in total. The van der Waals surface area contributed by atoms with Crippen LogP contribution in [0, 0.1) is 0 Å². The molecule has 0 atom stereocenters. The van der Waals surface area contributed by atoms with E-state index >= 15 is 0 Å². The standard InChI is InChI=1S/C20H30N6O2/c1-21-20(25-11-6-18(7-12-25)28-14-4-13-27-2)23-16-17-5-9-22-19(15-17)26-10-3-8-24-26/h3,5,8-10,15,18H,4,6-7,11-14,16H2,1-2H3,(H,21,23). The van der Waals surface area contributed by atoms with E-state index in [0.29, 0.717) is 12.6 Å². The van der Waals surface area contributed by atoms with Gasteiger partial charge >= 0.3 is 0 Å². The predicted molar refractivity (Wildman–Crippen MR) is 109 cm³/mol. The van der Waals surface area contributed by atoms with Gasteiger partial charge < -0.3 is 19.7 Å². The van der Waals surface area contributed by atoms with Gasteiger partial charge in [-0.2, -0.15) is 5.10 Å². The molecule has 1 saturated heterocycles. The van der Waals surface area contributed by atoms with Crippen LogP contribution in [0.4, 0.5) is 0 Å². The topological polar surface area (TPSA) is 76.8 Å². The first-order valence-electron chi connectivity index (χ1n) is 9.81. The molecular weight excluding hydrogens is 356 g/mol. The summed E-state index contributed by atoms with van der Waals surface area (Å²) in [6.07, 6.45) is 8.77. The van der Waals surface area contributed by atoms with Gasteiger partial charge in [0, 0.05) is 65.6 Å². The van der Waals surface area contributed by atoms with Crippen LogP contribution < -0.4 is 5.32 Å². The normalized spacial score (nSPS) is 15.8. The molecule has 3 rings (SSSR count). The van der Waals surface area contributed by atoms with Gasteiger partial charge in [0.1, 0.15) is 0 Å². The lowest BCUT2D eigenvalue weighted by atomic mass is 10.1. The number of nitrogens with one attached hydrogen (secondary N) is 1. The number of hydrogen-bond donors (Lipinski definition) is 1. The molecule has 0 spiro atoms. The highest BCUT2D eigenvalue weighted by Crippen LogP contribution is 2.14. The summed E-state index contributed by atoms with van der Waals surface area (Å²) in [6.45, 7) is 4.11. The third kappa shape index (κ3) is 5.77. The summed E-state index contributed by atoms with van der Waals surface area (Å²) < 4.78 is 12.8. The Labute approximate surface area is 166 Å². The Morgan fingerprint density at radius 2 is 2.14 bits per heavy atom. The largest absolute Gasteiger partial charge is 0.385 e. The number of likely N-dealkylation sites (tertiary alicyclic amines) is 1. The highest BCUT2D eigenvalue weighted by molar-refractivity contribution is 5.80. The number of aromatic nitrogens is 3. The van der Waals surface area contributed by atoms with E-state index in [1.54, 1.807) is 18.0 Å². The van der Waals surface area contributed by atoms with Crippen molar-refractivity contribution in [3.63, 3.8) is 0 Å². The van der Waals surface area contributed by atoms with Crippen LogP contribution >= 0.6 is 0 Å². The number of nitrogens with zero attached hydrogens (tertiary/aromatic N) is 5. The van der Waals surface area contributed by atoms with Crippen molar-refractivity contribution in [1.29, 1.82) is 0 Å². The average Bonchev–Trinajstić information content (AvgIpc) is 3.28. The quantitative estimate of drug-likeness (QED) is 0.424. The second kappa shape index (κ2) is 10.8. The van der Waals surface area contributed by atoms with E-state index < -0.39 is 0 Å². The van der Waals surface area contributed by atoms with E-state index in [-0.39, 0.29) is 0 Å². The summed E-state index contributed by atoms with van der Waals surface area (Å²) in [6, 6.07) is 5.93. The summed E-state index contributed by atoms with van der Waals surface area (Å²) in [5.41, 5.74) is 1.14. The molecule has 1 aliphatic heterocycles. The molecule has 3 heterocycles. The predicted octanol–water partition coefficient (Wildman–Crippen LogP) is 1.86. The van der Waals surface area contributed by atoms with Gasteiger partial charge in [-0.25, -0.2) is 9.67 Å². The Bertz CT molecular complexity index is 726. The van der Waals surface area contributed by atoms with E-state index in [2.05, 4.69) is 25.3 Å². The monoisotopic (exact) mass is 386 g/mol. The molecule has 1 fully saturated rings. The minimum absolute atomic E-state index is 0.336. The Morgan fingerprint density at radius 3 is 2.86 bits per heavy atom. The van der Waals surface area contributed by atoms with E-state index in [9.17, 15) is 0 Å². The van der Waals surface area contributed by atoms with Gasteiger partial charge in [-0.05, 0) is 43.0 Å². The van der Waals surface area contributed by atoms with Crippen LogP contribution in [0.5, 0.6) is 0 Å². The van der Waals surface area contributed by atoms with Crippen LogP contribution in [0.3, 0.4) is 0 Å². The number of rotatable bonds is 8. The van der Waals surface area contributed by atoms with E-state index in [1.807, 2.05) is 37.6 Å². The van der Waals surface area contributed by atoms with Gasteiger partial charge in [0.05, 0.1) is 6.10 Å². The molecule has 0 radical (unpaired) electrons. The molecule has 0 bridgehead atoms. The fourth-order valence-corrected chi connectivity index (χ4v) is 3.30. The molecule has 0 aliphatic carbocycles. The fourth-order valence-electron chi connectivity index (χ4n) is 3.30. The number of ether oxygens (including phenoxy) is 2. The lowest BCUT2D eigenvalue weighted by Gasteiger charge is -2.34. The first kappa shape index (κ1) is 20.3. The molecule has 0 aromatic carbocycles. The molecule has 0 amide bonds. The summed E-state index contributed by atoms with van der Waals surface area (Å²) in [7, 11) is 3.55. The van der Waals surface area contributed by atoms with Crippen LogP contribution in [0.25, 0.3) is 5.82 Å². The number of methoxy groups -OCH3 is 1. The number of piperidine rings is 1. The molecule has 0 unspecified atom stereocenters. The second-order valence-electron chi connectivity index (χ2n) is 6.78. The second-order valence-corrected chi connectivity index (χ2v) is 6.78. The molecule has 1 N–H and O–H groups in total. The van der Waals surface area contributed by atoms with Crippen molar-refractivity contribution < 1.29 is 9.47 Å². The maximum absolute atomic E-state index is 5.94. The van der Waals surface area contributed by atoms with Gasteiger partial charge in [0.25, 0.3) is 0 Å². The van der Waals surface area contributed by atoms with Crippen molar-refractivity contribution in [2.45, 2.75) is 31.9 Å². The van der Waals surface area contributed by atoms with E-state index in [1.165, 1.54) is 0 Å². The maximum atomic E-state index is 5.94. The fraction of sp³-hybridized carbons (Fsp3) is 0.550. The maximum Gasteiger partial charge on any atom is 0.193 e. The van der Waals surface area contributed by atoms with Gasteiger partial charge in [-0.3, -0.25) is 4.99 Å². The number of pyridine rings is 1. The molecule has 152 valence electrons. The van der Waals surface area contributed by atoms with Crippen molar-refractivity contribution in [2.75, 3.05) is 40.5 Å². The molecule has 2 aromatic rings. The first-order valence-corrected chi connectivity index (χ1v) is 9.81. The molecule has 1 aliphatic rings. The van der Waals surface area contributed by atoms with Crippen LogP contribution in [0.2, 0.25) is 0 Å². The van der Waals surface area contributed by atoms with Crippen LogP contribution in [-0.2, 0) is 16.0 Å². The van der Waals surface area contributed by atoms with E-state index in [0.717, 1.165) is 62.9 Å². The van der Waals surface area contributed by atoms with Crippen LogP contribution in [0.1, 0.15) is 24.8 Å². The zero-order valence-corrected chi connectivity index (χ0v) is 16.8. The lowest BCUT2D eigenvalue weighted by molar-refractivity contribution is 0.00989. The molecular formula is C20H30N6O2. The molecule has 28 heavy (non-hydrogen) atoms. The molecule has 8 heteroatoms. The number of aliphatic imine (C=N–C) groups is 1. The molecule has 0 saturated carbocycles. The zero-order valence-electron chi connectivity index (χ0n) is 16.8. The van der Waals surface area contributed by atoms with Crippen LogP contribution in [-0.4, -0.2) is 72.2 Å². The average molecular weight is 387 g/mol. The van der Waals surface area contributed by atoms with Gasteiger partial charge in [-0.1, -0.05) is 0 Å². The Balaban J connectivity index is 1.46. The summed E-state index contributed by atoms with van der Waals surface area (Å²) in [4.78, 5) is 11.1. The number of guanidine groups is 1. The van der Waals surface area contributed by atoms with Gasteiger partial charge in [-0.15, -0.1) is 0 Å². The minimum Gasteiger partial charge on any atom is -0.385 e. The third-order valence-electron chi connectivity index (χ3n) is 4.80. The Hall–Kier alpha value is -2.45. The van der Waals surface area contributed by atoms with Crippen molar-refractivity contribution in [3.05, 3.63) is 42.4 Å². The summed E-state index contributed by atoms with van der Waals surface area (Å²) in [5, 5.41) is 7.70.